The summed E-state index contributed by atoms with van der Waals surface area (Å²) in [6.07, 6.45) is 1.71. The SMILES string of the molecule is CCOC(=O)CNC(=O)N1CCN(CC)c2ncccc21. The quantitative estimate of drug-likeness (QED) is 0.838. The van der Waals surface area contributed by atoms with E-state index in [1.54, 1.807) is 24.1 Å². The molecule has 0 atom stereocenters. The highest BCUT2D eigenvalue weighted by Crippen LogP contribution is 2.30. The van der Waals surface area contributed by atoms with Gasteiger partial charge in [-0.05, 0) is 26.0 Å². The molecule has 2 amide bonds. The number of fused-ring (bicyclic) bond motifs is 1. The average Bonchev–Trinajstić information content (AvgIpc) is 2.51. The number of urea groups is 1. The van der Waals surface area contributed by atoms with Crippen molar-refractivity contribution in [2.45, 2.75) is 13.8 Å². The average molecular weight is 292 g/mol. The molecule has 0 saturated heterocycles. The van der Waals surface area contributed by atoms with Gasteiger partial charge in [0.15, 0.2) is 5.82 Å². The van der Waals surface area contributed by atoms with Gasteiger partial charge in [-0.1, -0.05) is 0 Å². The fourth-order valence-electron chi connectivity index (χ4n) is 2.26. The van der Waals surface area contributed by atoms with Crippen LogP contribution in [0.5, 0.6) is 0 Å². The molecule has 0 aromatic carbocycles. The fraction of sp³-hybridized carbons (Fsp3) is 0.500. The Morgan fingerprint density at radius 2 is 2.19 bits per heavy atom. The van der Waals surface area contributed by atoms with Gasteiger partial charge in [-0.3, -0.25) is 9.69 Å². The summed E-state index contributed by atoms with van der Waals surface area (Å²) in [4.78, 5) is 31.6. The van der Waals surface area contributed by atoms with E-state index in [4.69, 9.17) is 4.74 Å². The van der Waals surface area contributed by atoms with Gasteiger partial charge in [-0.2, -0.15) is 0 Å². The first-order chi connectivity index (χ1) is 10.2. The maximum atomic E-state index is 12.2. The highest BCUT2D eigenvalue weighted by Gasteiger charge is 2.27. The van der Waals surface area contributed by atoms with Crippen molar-refractivity contribution in [1.82, 2.24) is 10.3 Å². The van der Waals surface area contributed by atoms with Gasteiger partial charge in [0.1, 0.15) is 6.54 Å². The minimum Gasteiger partial charge on any atom is -0.465 e. The van der Waals surface area contributed by atoms with Crippen molar-refractivity contribution in [2.24, 2.45) is 0 Å². The van der Waals surface area contributed by atoms with Crippen LogP contribution in [0, 0.1) is 0 Å². The molecule has 0 bridgehead atoms. The van der Waals surface area contributed by atoms with Crippen LogP contribution in [0.2, 0.25) is 0 Å². The maximum Gasteiger partial charge on any atom is 0.325 e. The van der Waals surface area contributed by atoms with Crippen LogP contribution < -0.4 is 15.1 Å². The van der Waals surface area contributed by atoms with E-state index >= 15 is 0 Å². The molecule has 114 valence electrons. The zero-order valence-electron chi connectivity index (χ0n) is 12.3. The number of nitrogens with one attached hydrogen (secondary N) is 1. The Morgan fingerprint density at radius 1 is 1.38 bits per heavy atom. The predicted molar refractivity (Wildman–Crippen MR) is 79.5 cm³/mol. The van der Waals surface area contributed by atoms with Crippen molar-refractivity contribution in [3.8, 4) is 0 Å². The third-order valence-electron chi connectivity index (χ3n) is 3.27. The summed E-state index contributed by atoms with van der Waals surface area (Å²) < 4.78 is 4.79. The largest absolute Gasteiger partial charge is 0.465 e. The molecule has 0 aliphatic carbocycles. The molecular formula is C14H20N4O3. The lowest BCUT2D eigenvalue weighted by Crippen LogP contribution is -2.49. The second-order valence-corrected chi connectivity index (χ2v) is 4.54. The zero-order valence-corrected chi connectivity index (χ0v) is 12.3. The molecule has 21 heavy (non-hydrogen) atoms. The molecule has 1 N–H and O–H groups in total. The Labute approximate surface area is 123 Å². The number of hydrogen-bond acceptors (Lipinski definition) is 5. The van der Waals surface area contributed by atoms with Crippen LogP contribution in [0.15, 0.2) is 18.3 Å². The first-order valence-electron chi connectivity index (χ1n) is 7.08. The molecule has 0 unspecified atom stereocenters. The van der Waals surface area contributed by atoms with E-state index in [9.17, 15) is 9.59 Å². The van der Waals surface area contributed by atoms with Crippen molar-refractivity contribution in [3.05, 3.63) is 18.3 Å². The van der Waals surface area contributed by atoms with Crippen LogP contribution in [0.3, 0.4) is 0 Å². The van der Waals surface area contributed by atoms with Gasteiger partial charge in [-0.15, -0.1) is 0 Å². The van der Waals surface area contributed by atoms with Crippen LogP contribution in [0.25, 0.3) is 0 Å². The van der Waals surface area contributed by atoms with Gasteiger partial charge >= 0.3 is 12.0 Å². The predicted octanol–water partition coefficient (Wildman–Crippen LogP) is 1.00. The lowest BCUT2D eigenvalue weighted by atomic mass is 10.2. The number of ether oxygens (including phenoxy) is 1. The van der Waals surface area contributed by atoms with Crippen molar-refractivity contribution in [2.75, 3.05) is 42.6 Å². The number of amides is 2. The number of rotatable bonds is 4. The standard InChI is InChI=1S/C14H20N4O3/c1-3-17-8-9-18(11-6-5-7-15-13(11)17)14(20)16-10-12(19)21-4-2/h5-7H,3-4,8-10H2,1-2H3,(H,16,20). The summed E-state index contributed by atoms with van der Waals surface area (Å²) in [7, 11) is 0. The lowest BCUT2D eigenvalue weighted by Gasteiger charge is -2.35. The Bertz CT molecular complexity index is 521. The Balaban J connectivity index is 2.07. The number of nitrogens with zero attached hydrogens (tertiary/aromatic N) is 3. The first-order valence-corrected chi connectivity index (χ1v) is 7.08. The summed E-state index contributed by atoms with van der Waals surface area (Å²) in [5.41, 5.74) is 0.756. The molecule has 1 aromatic heterocycles. The van der Waals surface area contributed by atoms with Crippen LogP contribution >= 0.6 is 0 Å². The molecule has 1 aliphatic rings. The molecule has 0 fully saturated rings. The molecular weight excluding hydrogens is 272 g/mol. The fourth-order valence-corrected chi connectivity index (χ4v) is 2.26. The Hall–Kier alpha value is -2.31. The monoisotopic (exact) mass is 292 g/mol. The number of likely N-dealkylation sites (N-methyl/N-ethyl adjacent to an activating group) is 1. The Kier molecular flexibility index (Phi) is 4.97. The van der Waals surface area contributed by atoms with E-state index < -0.39 is 5.97 Å². The summed E-state index contributed by atoms with van der Waals surface area (Å²) in [5, 5.41) is 2.58. The van der Waals surface area contributed by atoms with Gasteiger partial charge in [0, 0.05) is 25.8 Å². The number of anilines is 2. The van der Waals surface area contributed by atoms with Gasteiger partial charge in [0.2, 0.25) is 0 Å². The summed E-state index contributed by atoms with van der Waals surface area (Å²) in [6.45, 7) is 6.06. The van der Waals surface area contributed by atoms with Gasteiger partial charge in [-0.25, -0.2) is 9.78 Å². The molecule has 7 heteroatoms. The van der Waals surface area contributed by atoms with Gasteiger partial charge in [0.25, 0.3) is 0 Å². The first kappa shape index (κ1) is 15.1. The third kappa shape index (κ3) is 3.42. The summed E-state index contributed by atoms with van der Waals surface area (Å²) in [6, 6.07) is 3.34. The second-order valence-electron chi connectivity index (χ2n) is 4.54. The summed E-state index contributed by atoms with van der Waals surface area (Å²) >= 11 is 0. The number of hydrogen-bond donors (Lipinski definition) is 1. The summed E-state index contributed by atoms with van der Waals surface area (Å²) in [5.74, 6) is 0.349. The van der Waals surface area contributed by atoms with Crippen molar-refractivity contribution >= 4 is 23.5 Å². The molecule has 1 aliphatic heterocycles. The van der Waals surface area contributed by atoms with Crippen LogP contribution in [0.4, 0.5) is 16.3 Å². The van der Waals surface area contributed by atoms with E-state index in [0.29, 0.717) is 19.7 Å². The van der Waals surface area contributed by atoms with E-state index in [1.165, 1.54) is 0 Å². The van der Waals surface area contributed by atoms with Crippen molar-refractivity contribution in [3.63, 3.8) is 0 Å². The van der Waals surface area contributed by atoms with Crippen LogP contribution in [-0.2, 0) is 9.53 Å². The molecule has 2 heterocycles. The number of aromatic nitrogens is 1. The molecule has 2 rings (SSSR count). The number of carbonyl (C=O) groups excluding carboxylic acids is 2. The topological polar surface area (TPSA) is 74.8 Å². The Morgan fingerprint density at radius 3 is 2.90 bits per heavy atom. The van der Waals surface area contributed by atoms with E-state index in [-0.39, 0.29) is 12.6 Å². The smallest absolute Gasteiger partial charge is 0.325 e. The van der Waals surface area contributed by atoms with E-state index in [2.05, 4.69) is 22.1 Å². The zero-order chi connectivity index (χ0) is 15.2. The highest BCUT2D eigenvalue weighted by molar-refractivity contribution is 5.97. The molecule has 0 saturated carbocycles. The number of pyridine rings is 1. The second kappa shape index (κ2) is 6.92. The van der Waals surface area contributed by atoms with Crippen molar-refractivity contribution in [1.29, 1.82) is 0 Å². The minimum atomic E-state index is -0.440. The number of carbonyl (C=O) groups is 2. The van der Waals surface area contributed by atoms with Gasteiger partial charge in [0.05, 0.1) is 12.3 Å². The van der Waals surface area contributed by atoms with E-state index in [0.717, 1.165) is 18.1 Å². The van der Waals surface area contributed by atoms with Crippen LogP contribution in [-0.4, -0.2) is 49.8 Å². The van der Waals surface area contributed by atoms with E-state index in [1.807, 2.05) is 6.07 Å². The normalized spacial score (nSPS) is 13.6. The van der Waals surface area contributed by atoms with Gasteiger partial charge < -0.3 is 15.0 Å². The van der Waals surface area contributed by atoms with Crippen molar-refractivity contribution < 1.29 is 14.3 Å². The molecule has 0 radical (unpaired) electrons. The number of esters is 1. The molecule has 1 aromatic rings. The maximum absolute atomic E-state index is 12.2. The molecule has 7 nitrogen and oxygen atoms in total. The molecule has 0 spiro atoms. The highest BCUT2D eigenvalue weighted by atomic mass is 16.5. The van der Waals surface area contributed by atoms with Crippen LogP contribution in [0.1, 0.15) is 13.8 Å². The third-order valence-corrected chi connectivity index (χ3v) is 3.27. The lowest BCUT2D eigenvalue weighted by molar-refractivity contribution is -0.141. The minimum absolute atomic E-state index is 0.129.